The van der Waals surface area contributed by atoms with Crippen LogP contribution in [0.15, 0.2) is 30.3 Å². The predicted octanol–water partition coefficient (Wildman–Crippen LogP) is 4.67. The van der Waals surface area contributed by atoms with E-state index >= 15 is 0 Å². The minimum Gasteiger partial charge on any atom is -0.383 e. The molecule has 3 aromatic rings. The zero-order chi connectivity index (χ0) is 15.1. The van der Waals surface area contributed by atoms with Gasteiger partial charge in [0.15, 0.2) is 0 Å². The number of nitrogen functional groups attached to an aromatic ring is 1. The van der Waals surface area contributed by atoms with E-state index in [0.29, 0.717) is 5.82 Å². The highest BCUT2D eigenvalue weighted by Gasteiger charge is 2.19. The maximum atomic E-state index is 6.24. The van der Waals surface area contributed by atoms with Crippen molar-refractivity contribution in [3.8, 4) is 21.7 Å². The van der Waals surface area contributed by atoms with Crippen molar-refractivity contribution in [2.24, 2.45) is 7.05 Å². The smallest absolute Gasteiger partial charge is 0.129 e. The highest BCUT2D eigenvalue weighted by Crippen LogP contribution is 2.40. The number of anilines is 1. The summed E-state index contributed by atoms with van der Waals surface area (Å²) in [6, 6.07) is 10.2. The largest absolute Gasteiger partial charge is 0.383 e. The molecule has 0 spiro atoms. The Morgan fingerprint density at radius 1 is 1.14 bits per heavy atom. The average Bonchev–Trinajstić information content (AvgIpc) is 2.99. The van der Waals surface area contributed by atoms with Gasteiger partial charge < -0.3 is 5.73 Å². The molecule has 0 aliphatic carbocycles. The Labute approximate surface area is 133 Å². The van der Waals surface area contributed by atoms with Crippen LogP contribution in [0.3, 0.4) is 0 Å². The molecule has 0 unspecified atom stereocenters. The summed E-state index contributed by atoms with van der Waals surface area (Å²) in [5.41, 5.74) is 11.7. The molecule has 21 heavy (non-hydrogen) atoms. The van der Waals surface area contributed by atoms with E-state index in [2.05, 4.69) is 37.1 Å². The van der Waals surface area contributed by atoms with Gasteiger partial charge in [-0.3, -0.25) is 4.68 Å². The van der Waals surface area contributed by atoms with Crippen molar-refractivity contribution >= 4 is 28.8 Å². The second-order valence-electron chi connectivity index (χ2n) is 5.14. The standard InChI is InChI=1S/C16H16ClN3S/c1-9-4-5-11(8-10(9)2)14-15(19-20(3)16(14)18)12-6-7-13(17)21-12/h4-8H,18H2,1-3H3. The molecule has 0 aliphatic rings. The zero-order valence-electron chi connectivity index (χ0n) is 12.1. The van der Waals surface area contributed by atoms with Crippen LogP contribution in [0.25, 0.3) is 21.7 Å². The van der Waals surface area contributed by atoms with Crippen LogP contribution >= 0.6 is 22.9 Å². The fourth-order valence-electron chi connectivity index (χ4n) is 2.33. The normalized spacial score (nSPS) is 11.0. The van der Waals surface area contributed by atoms with E-state index in [0.717, 1.165) is 26.0 Å². The van der Waals surface area contributed by atoms with E-state index in [4.69, 9.17) is 17.3 Å². The summed E-state index contributed by atoms with van der Waals surface area (Å²) >= 11 is 7.57. The topological polar surface area (TPSA) is 43.8 Å². The van der Waals surface area contributed by atoms with Crippen LogP contribution in [-0.4, -0.2) is 9.78 Å². The van der Waals surface area contributed by atoms with Crippen molar-refractivity contribution in [1.82, 2.24) is 9.78 Å². The SMILES string of the molecule is Cc1ccc(-c2c(-c3ccc(Cl)s3)nn(C)c2N)cc1C. The molecule has 0 aliphatic heterocycles. The summed E-state index contributed by atoms with van der Waals surface area (Å²) in [5, 5.41) is 4.57. The monoisotopic (exact) mass is 317 g/mol. The highest BCUT2D eigenvalue weighted by molar-refractivity contribution is 7.19. The van der Waals surface area contributed by atoms with Gasteiger partial charge in [0.1, 0.15) is 11.5 Å². The van der Waals surface area contributed by atoms with Gasteiger partial charge in [-0.2, -0.15) is 5.10 Å². The van der Waals surface area contributed by atoms with E-state index in [9.17, 15) is 0 Å². The molecule has 5 heteroatoms. The number of aromatic nitrogens is 2. The second kappa shape index (κ2) is 5.20. The summed E-state index contributed by atoms with van der Waals surface area (Å²) in [5.74, 6) is 0.665. The minimum atomic E-state index is 0.665. The Hall–Kier alpha value is -1.78. The van der Waals surface area contributed by atoms with Gasteiger partial charge in [0, 0.05) is 7.05 Å². The quantitative estimate of drug-likeness (QED) is 0.746. The molecule has 0 saturated carbocycles. The first-order valence-electron chi connectivity index (χ1n) is 6.63. The van der Waals surface area contributed by atoms with Crippen LogP contribution in [0.5, 0.6) is 0 Å². The van der Waals surface area contributed by atoms with Gasteiger partial charge in [0.05, 0.1) is 14.8 Å². The van der Waals surface area contributed by atoms with Crippen molar-refractivity contribution in [3.05, 3.63) is 45.8 Å². The van der Waals surface area contributed by atoms with Crippen molar-refractivity contribution < 1.29 is 0 Å². The Morgan fingerprint density at radius 3 is 2.52 bits per heavy atom. The molecule has 0 amide bonds. The molecule has 0 bridgehead atoms. The number of nitrogens with two attached hydrogens (primary N) is 1. The maximum absolute atomic E-state index is 6.24. The summed E-state index contributed by atoms with van der Waals surface area (Å²) in [4.78, 5) is 1.03. The number of halogens is 1. The third-order valence-corrected chi connectivity index (χ3v) is 4.93. The van der Waals surface area contributed by atoms with Gasteiger partial charge in [-0.1, -0.05) is 29.8 Å². The molecular weight excluding hydrogens is 302 g/mol. The van der Waals surface area contributed by atoms with Gasteiger partial charge in [-0.05, 0) is 42.7 Å². The van der Waals surface area contributed by atoms with Crippen molar-refractivity contribution in [2.75, 3.05) is 5.73 Å². The van der Waals surface area contributed by atoms with Crippen LogP contribution in [0.1, 0.15) is 11.1 Å². The van der Waals surface area contributed by atoms with Gasteiger partial charge >= 0.3 is 0 Å². The number of thiophene rings is 1. The van der Waals surface area contributed by atoms with Crippen LogP contribution < -0.4 is 5.73 Å². The molecule has 3 nitrogen and oxygen atoms in total. The lowest BCUT2D eigenvalue weighted by Crippen LogP contribution is -1.98. The third kappa shape index (κ3) is 2.45. The molecular formula is C16H16ClN3S. The second-order valence-corrected chi connectivity index (χ2v) is 6.85. The van der Waals surface area contributed by atoms with E-state index < -0.39 is 0 Å². The molecule has 0 atom stereocenters. The minimum absolute atomic E-state index is 0.665. The summed E-state index contributed by atoms with van der Waals surface area (Å²) in [6.45, 7) is 4.21. The van der Waals surface area contributed by atoms with Crippen LogP contribution in [-0.2, 0) is 7.05 Å². The molecule has 1 aromatic carbocycles. The lowest BCUT2D eigenvalue weighted by atomic mass is 10.00. The van der Waals surface area contributed by atoms with Gasteiger partial charge in [0.25, 0.3) is 0 Å². The Kier molecular flexibility index (Phi) is 3.51. The number of aryl methyl sites for hydroxylation is 3. The van der Waals surface area contributed by atoms with E-state index in [-0.39, 0.29) is 0 Å². The fourth-order valence-corrected chi connectivity index (χ4v) is 3.37. The van der Waals surface area contributed by atoms with E-state index in [1.807, 2.05) is 19.2 Å². The summed E-state index contributed by atoms with van der Waals surface area (Å²) < 4.78 is 2.47. The van der Waals surface area contributed by atoms with Crippen molar-refractivity contribution in [2.45, 2.75) is 13.8 Å². The number of hydrogen-bond donors (Lipinski definition) is 1. The number of benzene rings is 1. The van der Waals surface area contributed by atoms with Gasteiger partial charge in [-0.15, -0.1) is 11.3 Å². The number of hydrogen-bond acceptors (Lipinski definition) is 3. The fraction of sp³-hybridized carbons (Fsp3) is 0.188. The molecule has 0 saturated heterocycles. The maximum Gasteiger partial charge on any atom is 0.129 e. The molecule has 0 fully saturated rings. The zero-order valence-corrected chi connectivity index (χ0v) is 13.7. The Balaban J connectivity index is 2.24. The first kappa shape index (κ1) is 14.2. The summed E-state index contributed by atoms with van der Waals surface area (Å²) in [7, 11) is 1.86. The summed E-state index contributed by atoms with van der Waals surface area (Å²) in [6.07, 6.45) is 0. The average molecular weight is 318 g/mol. The first-order valence-corrected chi connectivity index (χ1v) is 7.82. The predicted molar refractivity (Wildman–Crippen MR) is 90.9 cm³/mol. The lowest BCUT2D eigenvalue weighted by molar-refractivity contribution is 0.783. The van der Waals surface area contributed by atoms with Gasteiger partial charge in [0.2, 0.25) is 0 Å². The van der Waals surface area contributed by atoms with Crippen LogP contribution in [0.2, 0.25) is 4.34 Å². The number of nitrogens with zero attached hydrogens (tertiary/aromatic N) is 2. The first-order chi connectivity index (χ1) is 9.97. The lowest BCUT2D eigenvalue weighted by Gasteiger charge is -2.06. The molecule has 3 rings (SSSR count). The number of rotatable bonds is 2. The molecule has 108 valence electrons. The molecule has 2 heterocycles. The van der Waals surface area contributed by atoms with Gasteiger partial charge in [-0.25, -0.2) is 0 Å². The van der Waals surface area contributed by atoms with E-state index in [1.165, 1.54) is 22.5 Å². The van der Waals surface area contributed by atoms with Crippen LogP contribution in [0, 0.1) is 13.8 Å². The van der Waals surface area contributed by atoms with Crippen LogP contribution in [0.4, 0.5) is 5.82 Å². The molecule has 2 N–H and O–H groups in total. The van der Waals surface area contributed by atoms with Crippen molar-refractivity contribution in [3.63, 3.8) is 0 Å². The highest BCUT2D eigenvalue weighted by atomic mass is 35.5. The Morgan fingerprint density at radius 2 is 1.90 bits per heavy atom. The van der Waals surface area contributed by atoms with E-state index in [1.54, 1.807) is 4.68 Å². The Bertz CT molecular complexity index is 817. The third-order valence-electron chi connectivity index (χ3n) is 3.69. The molecule has 0 radical (unpaired) electrons. The van der Waals surface area contributed by atoms with Crippen molar-refractivity contribution in [1.29, 1.82) is 0 Å². The molecule has 2 aromatic heterocycles.